The van der Waals surface area contributed by atoms with Crippen molar-refractivity contribution in [1.29, 1.82) is 0 Å². The Kier molecular flexibility index (Phi) is 5.38. The second kappa shape index (κ2) is 7.96. The van der Waals surface area contributed by atoms with Crippen LogP contribution in [0.2, 0.25) is 0 Å². The lowest BCUT2D eigenvalue weighted by Crippen LogP contribution is -2.22. The Bertz CT molecular complexity index is 1240. The predicted molar refractivity (Wildman–Crippen MR) is 115 cm³/mol. The minimum Gasteiger partial charge on any atom is -0.361 e. The molecule has 8 heteroatoms. The van der Waals surface area contributed by atoms with E-state index < -0.39 is 0 Å². The average Bonchev–Trinajstić information content (AvgIpc) is 3.27. The molecule has 0 N–H and O–H groups in total. The monoisotopic (exact) mass is 427 g/mol. The lowest BCUT2D eigenvalue weighted by atomic mass is 10.1. The average molecular weight is 428 g/mol. The molecule has 0 aliphatic heterocycles. The second-order valence-electron chi connectivity index (χ2n) is 6.53. The molecular weight excluding hydrogens is 409 g/mol. The minimum atomic E-state index is -0.312. The zero-order valence-corrected chi connectivity index (χ0v) is 17.6. The highest BCUT2D eigenvalue weighted by Crippen LogP contribution is 2.33. The van der Waals surface area contributed by atoms with E-state index in [-0.39, 0.29) is 11.4 Å². The number of aryl methyl sites for hydroxylation is 2. The van der Waals surface area contributed by atoms with Gasteiger partial charge in [-0.3, -0.25) is 9.36 Å². The number of fused-ring (bicyclic) bond motifs is 1. The molecule has 0 radical (unpaired) electrons. The molecule has 0 aliphatic carbocycles. The first-order chi connectivity index (χ1) is 14.0. The first-order valence-electron chi connectivity index (χ1n) is 8.93. The largest absolute Gasteiger partial charge is 0.361 e. The van der Waals surface area contributed by atoms with E-state index >= 15 is 0 Å². The summed E-state index contributed by atoms with van der Waals surface area (Å²) < 4.78 is 20.1. The molecule has 0 aliphatic rings. The smallest absolute Gasteiger partial charge is 0.263 e. The molecule has 0 amide bonds. The van der Waals surface area contributed by atoms with Gasteiger partial charge in [0.05, 0.1) is 11.1 Å². The van der Waals surface area contributed by atoms with E-state index in [9.17, 15) is 9.18 Å². The minimum absolute atomic E-state index is 0.128. The van der Waals surface area contributed by atoms with Crippen LogP contribution in [0.4, 0.5) is 4.39 Å². The van der Waals surface area contributed by atoms with Crippen LogP contribution in [0.15, 0.2) is 56.8 Å². The second-order valence-corrected chi connectivity index (χ2v) is 8.33. The van der Waals surface area contributed by atoms with Gasteiger partial charge in [0.25, 0.3) is 5.56 Å². The molecule has 148 valence electrons. The number of thioether (sulfide) groups is 1. The van der Waals surface area contributed by atoms with Crippen LogP contribution in [-0.4, -0.2) is 14.7 Å². The van der Waals surface area contributed by atoms with Crippen LogP contribution in [0.3, 0.4) is 0 Å². The maximum atomic E-state index is 13.3. The Hall–Kier alpha value is -2.71. The van der Waals surface area contributed by atoms with E-state index in [0.717, 1.165) is 28.1 Å². The summed E-state index contributed by atoms with van der Waals surface area (Å²) >= 11 is 2.88. The number of hydrogen-bond donors (Lipinski definition) is 0. The van der Waals surface area contributed by atoms with Gasteiger partial charge >= 0.3 is 0 Å². The van der Waals surface area contributed by atoms with Crippen molar-refractivity contribution in [2.75, 3.05) is 0 Å². The Labute approximate surface area is 174 Å². The highest BCUT2D eigenvalue weighted by atomic mass is 32.2. The highest BCUT2D eigenvalue weighted by molar-refractivity contribution is 7.98. The number of halogens is 1. The molecule has 4 rings (SSSR count). The highest BCUT2D eigenvalue weighted by Gasteiger charge is 2.18. The number of aromatic nitrogens is 3. The standard InChI is InChI=1S/C21H18FN3O2S2/c1-4-9-25-20(26)18-17(14-5-7-15(22)8-6-14)11-28-19(18)23-21(25)29-10-16-12(2)24-27-13(16)3/h4-8,11H,1,9-10H2,2-3H3. The fourth-order valence-electron chi connectivity index (χ4n) is 3.09. The molecule has 0 unspecified atom stereocenters. The molecule has 5 nitrogen and oxygen atoms in total. The molecule has 3 aromatic heterocycles. The molecule has 29 heavy (non-hydrogen) atoms. The van der Waals surface area contributed by atoms with E-state index in [1.54, 1.807) is 22.8 Å². The van der Waals surface area contributed by atoms with Crippen molar-refractivity contribution in [2.45, 2.75) is 31.3 Å². The Morgan fingerprint density at radius 2 is 2.07 bits per heavy atom. The summed E-state index contributed by atoms with van der Waals surface area (Å²) in [6, 6.07) is 6.13. The number of rotatable bonds is 6. The fourth-order valence-corrected chi connectivity index (χ4v) is 5.24. The van der Waals surface area contributed by atoms with Crippen LogP contribution in [-0.2, 0) is 12.3 Å². The molecule has 0 saturated carbocycles. The number of thiophene rings is 1. The summed E-state index contributed by atoms with van der Waals surface area (Å²) in [5.41, 5.74) is 3.27. The van der Waals surface area contributed by atoms with Gasteiger partial charge < -0.3 is 4.52 Å². The Morgan fingerprint density at radius 1 is 1.31 bits per heavy atom. The molecule has 0 fully saturated rings. The first kappa shape index (κ1) is 19.6. The summed E-state index contributed by atoms with van der Waals surface area (Å²) in [7, 11) is 0. The summed E-state index contributed by atoms with van der Waals surface area (Å²) in [5.74, 6) is 1.06. The summed E-state index contributed by atoms with van der Waals surface area (Å²) in [6.45, 7) is 7.89. The third kappa shape index (κ3) is 3.65. The van der Waals surface area contributed by atoms with Gasteiger partial charge in [-0.1, -0.05) is 35.1 Å². The van der Waals surface area contributed by atoms with Crippen molar-refractivity contribution >= 4 is 33.3 Å². The zero-order valence-electron chi connectivity index (χ0n) is 15.9. The normalized spacial score (nSPS) is 11.3. The number of benzene rings is 1. The maximum Gasteiger partial charge on any atom is 0.263 e. The number of nitrogens with zero attached hydrogens (tertiary/aromatic N) is 3. The van der Waals surface area contributed by atoms with Gasteiger partial charge in [0.15, 0.2) is 5.16 Å². The van der Waals surface area contributed by atoms with Crippen LogP contribution < -0.4 is 5.56 Å². The third-order valence-electron chi connectivity index (χ3n) is 4.65. The molecule has 0 saturated heterocycles. The van der Waals surface area contributed by atoms with Crippen molar-refractivity contribution in [1.82, 2.24) is 14.7 Å². The van der Waals surface area contributed by atoms with Gasteiger partial charge in [0.2, 0.25) is 0 Å². The molecule has 3 heterocycles. The SMILES string of the molecule is C=CCn1c(SCc2c(C)noc2C)nc2scc(-c3ccc(F)cc3)c2c1=O. The van der Waals surface area contributed by atoms with Gasteiger partial charge in [0, 0.05) is 28.8 Å². The quantitative estimate of drug-likeness (QED) is 0.236. The molecule has 1 aromatic carbocycles. The van der Waals surface area contributed by atoms with Gasteiger partial charge in [-0.05, 0) is 31.5 Å². The van der Waals surface area contributed by atoms with Gasteiger partial charge in [0.1, 0.15) is 16.4 Å². The molecule has 4 aromatic rings. The van der Waals surface area contributed by atoms with Crippen LogP contribution in [0.5, 0.6) is 0 Å². The van der Waals surface area contributed by atoms with Gasteiger partial charge in [-0.15, -0.1) is 17.9 Å². The van der Waals surface area contributed by atoms with E-state index in [4.69, 9.17) is 9.51 Å². The molecule has 0 atom stereocenters. The van der Waals surface area contributed by atoms with Crippen LogP contribution in [0.25, 0.3) is 21.3 Å². The van der Waals surface area contributed by atoms with Crippen molar-refractivity contribution in [2.24, 2.45) is 0 Å². The number of hydrogen-bond acceptors (Lipinski definition) is 6. The van der Waals surface area contributed by atoms with Crippen molar-refractivity contribution in [3.63, 3.8) is 0 Å². The van der Waals surface area contributed by atoms with E-state index in [1.165, 1.54) is 35.2 Å². The summed E-state index contributed by atoms with van der Waals surface area (Å²) in [5, 5.41) is 7.04. The lowest BCUT2D eigenvalue weighted by Gasteiger charge is -2.10. The van der Waals surface area contributed by atoms with Crippen molar-refractivity contribution in [3.05, 3.63) is 75.5 Å². The fraction of sp³-hybridized carbons (Fsp3) is 0.190. The molecule has 0 bridgehead atoms. The zero-order chi connectivity index (χ0) is 20.5. The van der Waals surface area contributed by atoms with Crippen LogP contribution in [0, 0.1) is 19.7 Å². The van der Waals surface area contributed by atoms with Gasteiger partial charge in [-0.2, -0.15) is 0 Å². The third-order valence-corrected chi connectivity index (χ3v) is 6.53. The lowest BCUT2D eigenvalue weighted by molar-refractivity contribution is 0.392. The predicted octanol–water partition coefficient (Wildman–Crippen LogP) is 5.35. The van der Waals surface area contributed by atoms with E-state index in [2.05, 4.69) is 11.7 Å². The topological polar surface area (TPSA) is 60.9 Å². The Balaban J connectivity index is 1.80. The molecular formula is C21H18FN3O2S2. The van der Waals surface area contributed by atoms with Crippen molar-refractivity contribution in [3.8, 4) is 11.1 Å². The van der Waals surface area contributed by atoms with Crippen molar-refractivity contribution < 1.29 is 8.91 Å². The summed E-state index contributed by atoms with van der Waals surface area (Å²) in [4.78, 5) is 18.7. The summed E-state index contributed by atoms with van der Waals surface area (Å²) in [6.07, 6.45) is 1.68. The van der Waals surface area contributed by atoms with Crippen LogP contribution >= 0.6 is 23.1 Å². The first-order valence-corrected chi connectivity index (χ1v) is 10.8. The van der Waals surface area contributed by atoms with E-state index in [0.29, 0.717) is 27.7 Å². The molecule has 0 spiro atoms. The maximum absolute atomic E-state index is 13.3. The van der Waals surface area contributed by atoms with Gasteiger partial charge in [-0.25, -0.2) is 9.37 Å². The van der Waals surface area contributed by atoms with Crippen LogP contribution in [0.1, 0.15) is 17.0 Å². The number of allylic oxidation sites excluding steroid dienone is 1. The van der Waals surface area contributed by atoms with E-state index in [1.807, 2.05) is 19.2 Å². The Morgan fingerprint density at radius 3 is 2.72 bits per heavy atom.